The van der Waals surface area contributed by atoms with Crippen LogP contribution in [-0.2, 0) is 22.7 Å². The Morgan fingerprint density at radius 1 is 0.911 bits per heavy atom. The molecule has 5 aliphatic rings. The number of nitrogens with one attached hydrogen (secondary N) is 2. The molecule has 14 heteroatoms. The molecule has 56 heavy (non-hydrogen) atoms. The number of fused-ring (bicyclic) bond motifs is 2. The van der Waals surface area contributed by atoms with Gasteiger partial charge in [-0.3, -0.25) is 39.1 Å². The third-order valence-electron chi connectivity index (χ3n) is 12.4. The highest BCUT2D eigenvalue weighted by atomic mass is 35.5. The van der Waals surface area contributed by atoms with E-state index in [1.807, 2.05) is 0 Å². The number of amides is 5. The van der Waals surface area contributed by atoms with E-state index < -0.39 is 40.5 Å². The number of benzene rings is 2. The number of pyridine rings is 1. The predicted molar refractivity (Wildman–Crippen MR) is 203 cm³/mol. The lowest BCUT2D eigenvalue weighted by Gasteiger charge is -2.63. The third kappa shape index (κ3) is 6.48. The van der Waals surface area contributed by atoms with Gasteiger partial charge in [0.05, 0.1) is 27.3 Å². The molecule has 4 heterocycles. The molecule has 2 aliphatic carbocycles. The van der Waals surface area contributed by atoms with Crippen molar-refractivity contribution in [3.63, 3.8) is 0 Å². The number of aromatic nitrogens is 1. The topological polar surface area (TPSA) is 171 Å². The van der Waals surface area contributed by atoms with Crippen LogP contribution in [0, 0.1) is 22.2 Å². The van der Waals surface area contributed by atoms with Crippen LogP contribution in [-0.4, -0.2) is 74.7 Å². The zero-order chi connectivity index (χ0) is 39.7. The molecule has 290 valence electrons. The van der Waals surface area contributed by atoms with Gasteiger partial charge in [-0.15, -0.1) is 0 Å². The van der Waals surface area contributed by atoms with E-state index >= 15 is 0 Å². The first-order chi connectivity index (χ1) is 26.6. The molecule has 8 rings (SSSR count). The zero-order valence-corrected chi connectivity index (χ0v) is 32.4. The van der Waals surface area contributed by atoms with Gasteiger partial charge < -0.3 is 14.8 Å². The van der Waals surface area contributed by atoms with E-state index in [1.165, 1.54) is 0 Å². The number of halogens is 1. The summed E-state index contributed by atoms with van der Waals surface area (Å²) in [4.78, 5) is 72.0. The average molecular weight is 779 g/mol. The van der Waals surface area contributed by atoms with Crippen molar-refractivity contribution >= 4 is 41.1 Å². The second-order valence-corrected chi connectivity index (χ2v) is 17.2. The molecule has 13 nitrogen and oxygen atoms in total. The molecule has 2 saturated carbocycles. The molecular weight excluding hydrogens is 736 g/mol. The lowest BCUT2D eigenvalue weighted by molar-refractivity contribution is -0.164. The minimum absolute atomic E-state index is 0.0137. The Morgan fingerprint density at radius 3 is 2.14 bits per heavy atom. The number of nitriles is 1. The number of ether oxygens (including phenoxy) is 2. The smallest absolute Gasteiger partial charge is 0.262 e. The molecule has 3 fully saturated rings. The summed E-state index contributed by atoms with van der Waals surface area (Å²) in [6.07, 6.45) is 5.02. The molecule has 1 unspecified atom stereocenters. The van der Waals surface area contributed by atoms with Crippen LogP contribution >= 0.6 is 11.6 Å². The number of hydrogen-bond acceptors (Lipinski definition) is 10. The molecule has 5 amide bonds. The minimum atomic E-state index is -0.979. The highest BCUT2D eigenvalue weighted by Gasteiger charge is 2.64. The monoisotopic (exact) mass is 778 g/mol. The Balaban J connectivity index is 0.821. The average Bonchev–Trinajstić information content (AvgIpc) is 3.69. The van der Waals surface area contributed by atoms with Crippen LogP contribution in [0.2, 0.25) is 5.02 Å². The van der Waals surface area contributed by atoms with Crippen LogP contribution in [0.1, 0.15) is 114 Å². The Bertz CT molecular complexity index is 2150. The lowest BCUT2D eigenvalue weighted by atomic mass is 9.49. The maximum absolute atomic E-state index is 13.4. The fraction of sp³-hybridized carbons (Fsp3) is 0.452. The van der Waals surface area contributed by atoms with Crippen LogP contribution in [0.15, 0.2) is 48.7 Å². The van der Waals surface area contributed by atoms with Crippen molar-refractivity contribution in [1.82, 2.24) is 25.4 Å². The van der Waals surface area contributed by atoms with Gasteiger partial charge in [0.2, 0.25) is 17.7 Å². The zero-order valence-electron chi connectivity index (χ0n) is 31.7. The quantitative estimate of drug-likeness (QED) is 0.285. The van der Waals surface area contributed by atoms with Gasteiger partial charge in [-0.25, -0.2) is 4.98 Å². The van der Waals surface area contributed by atoms with Gasteiger partial charge in [0.25, 0.3) is 17.7 Å². The SMILES string of the molecule is CC1(C)[C@H](NC(=O)c2ccc(O[C@H]3CC[C@H](N4Cc5cc6c(cc5C4)C(=O)N(C4CCC(=O)NC4=O)C6=O)CC3)nc2)C(C)(C)[C@H]1Oc1ccc(C#N)c(Cl)c1. The van der Waals surface area contributed by atoms with Gasteiger partial charge >= 0.3 is 0 Å². The van der Waals surface area contributed by atoms with Crippen molar-refractivity contribution in [2.75, 3.05) is 0 Å². The van der Waals surface area contributed by atoms with Crippen molar-refractivity contribution in [1.29, 1.82) is 5.26 Å². The van der Waals surface area contributed by atoms with Crippen molar-refractivity contribution < 1.29 is 33.4 Å². The third-order valence-corrected chi connectivity index (χ3v) is 12.7. The van der Waals surface area contributed by atoms with E-state index in [1.54, 1.807) is 48.7 Å². The fourth-order valence-electron chi connectivity index (χ4n) is 9.75. The van der Waals surface area contributed by atoms with Gasteiger partial charge in [-0.1, -0.05) is 39.3 Å². The number of piperidine rings is 1. The lowest BCUT2D eigenvalue weighted by Crippen LogP contribution is -2.74. The molecule has 3 aromatic rings. The van der Waals surface area contributed by atoms with Crippen LogP contribution in [0.4, 0.5) is 0 Å². The molecule has 0 bridgehead atoms. The molecule has 0 spiro atoms. The summed E-state index contributed by atoms with van der Waals surface area (Å²) in [7, 11) is 0. The Kier molecular flexibility index (Phi) is 9.40. The van der Waals surface area contributed by atoms with Gasteiger partial charge in [-0.2, -0.15) is 5.26 Å². The summed E-state index contributed by atoms with van der Waals surface area (Å²) < 4.78 is 12.6. The number of hydrogen-bond donors (Lipinski definition) is 2. The first-order valence-corrected chi connectivity index (χ1v) is 19.4. The van der Waals surface area contributed by atoms with E-state index in [-0.39, 0.29) is 37.0 Å². The number of rotatable bonds is 8. The number of nitrogens with zero attached hydrogens (tertiary/aromatic N) is 4. The van der Waals surface area contributed by atoms with Gasteiger partial charge in [-0.05, 0) is 73.6 Å². The molecule has 0 radical (unpaired) electrons. The van der Waals surface area contributed by atoms with E-state index in [2.05, 4.69) is 54.3 Å². The number of carbonyl (C=O) groups is 5. The van der Waals surface area contributed by atoms with E-state index in [9.17, 15) is 29.2 Å². The van der Waals surface area contributed by atoms with E-state index in [4.69, 9.17) is 21.1 Å². The second kappa shape index (κ2) is 14.0. The Morgan fingerprint density at radius 2 is 1.57 bits per heavy atom. The highest BCUT2D eigenvalue weighted by Crippen LogP contribution is 2.55. The number of carbonyl (C=O) groups excluding carboxylic acids is 5. The summed E-state index contributed by atoms with van der Waals surface area (Å²) in [6.45, 7) is 9.56. The van der Waals surface area contributed by atoms with Gasteiger partial charge in [0.15, 0.2) is 0 Å². The maximum atomic E-state index is 13.4. The normalized spacial score (nSPS) is 26.4. The molecule has 1 saturated heterocycles. The van der Waals surface area contributed by atoms with Crippen LogP contribution in [0.25, 0.3) is 0 Å². The van der Waals surface area contributed by atoms with Crippen LogP contribution in [0.5, 0.6) is 11.6 Å². The van der Waals surface area contributed by atoms with Crippen molar-refractivity contribution in [3.8, 4) is 17.7 Å². The predicted octanol–water partition coefficient (Wildman–Crippen LogP) is 5.33. The van der Waals surface area contributed by atoms with Crippen molar-refractivity contribution in [2.24, 2.45) is 10.8 Å². The Labute approximate surface area is 329 Å². The minimum Gasteiger partial charge on any atom is -0.489 e. The summed E-state index contributed by atoms with van der Waals surface area (Å²) in [5.41, 5.74) is 2.67. The molecule has 2 aromatic carbocycles. The number of imide groups is 2. The summed E-state index contributed by atoms with van der Waals surface area (Å²) >= 11 is 6.23. The maximum Gasteiger partial charge on any atom is 0.262 e. The van der Waals surface area contributed by atoms with Crippen molar-refractivity contribution in [2.45, 2.75) is 110 Å². The molecular formula is C42H43ClN6O7. The van der Waals surface area contributed by atoms with Gasteiger partial charge in [0, 0.05) is 60.8 Å². The molecule has 1 atom stereocenters. The van der Waals surface area contributed by atoms with Gasteiger partial charge in [0.1, 0.15) is 30.1 Å². The van der Waals surface area contributed by atoms with E-state index in [0.29, 0.717) is 58.0 Å². The second-order valence-electron chi connectivity index (χ2n) is 16.8. The summed E-state index contributed by atoms with van der Waals surface area (Å²) in [5.74, 6) is -1.18. The van der Waals surface area contributed by atoms with Crippen LogP contribution in [0.3, 0.4) is 0 Å². The first kappa shape index (κ1) is 37.6. The fourth-order valence-corrected chi connectivity index (χ4v) is 9.96. The summed E-state index contributed by atoms with van der Waals surface area (Å²) in [6, 6.07) is 13.3. The standard InChI is InChI=1S/C42H43ClN6O7/c1-41(2)39(42(3,4)40(41)56-28-9-5-22(18-44)31(43)17-28)47-35(51)23-6-14-34(45-19-23)55-27-10-7-26(8-11-27)48-20-24-15-29-30(16-25(24)21-48)38(54)49(37(29)53)32-12-13-33(50)46-36(32)52/h5-6,9,14-17,19,26-27,32,39-40H,7-8,10-13,20-21H2,1-4H3,(H,47,51)(H,46,50,52)/t26-,27-,32?,39-,40-. The largest absolute Gasteiger partial charge is 0.489 e. The Hall–Kier alpha value is -5.32. The molecule has 2 N–H and O–H groups in total. The highest BCUT2D eigenvalue weighted by molar-refractivity contribution is 6.31. The first-order valence-electron chi connectivity index (χ1n) is 19.1. The van der Waals surface area contributed by atoms with E-state index in [0.717, 1.165) is 41.7 Å². The summed E-state index contributed by atoms with van der Waals surface area (Å²) in [5, 5.41) is 15.0. The molecule has 1 aromatic heterocycles. The van der Waals surface area contributed by atoms with Crippen LogP contribution < -0.4 is 20.1 Å². The molecule has 3 aliphatic heterocycles. The van der Waals surface area contributed by atoms with Crippen molar-refractivity contribution in [3.05, 3.63) is 87.1 Å².